The number of nitriles is 3. The third-order valence-electron chi connectivity index (χ3n) is 10.2. The van der Waals surface area contributed by atoms with Crippen molar-refractivity contribution in [2.24, 2.45) is 5.73 Å². The van der Waals surface area contributed by atoms with E-state index in [1.165, 1.54) is 30.3 Å². The van der Waals surface area contributed by atoms with Crippen molar-refractivity contribution < 1.29 is 48.9 Å². The molecule has 3 aliphatic rings. The fourth-order valence-corrected chi connectivity index (χ4v) is 6.66. The topological polar surface area (TPSA) is 160 Å². The average molecular weight is 884 g/mol. The van der Waals surface area contributed by atoms with Gasteiger partial charge in [-0.2, -0.15) is 55.3 Å². The molecule has 3 fully saturated rings. The van der Waals surface area contributed by atoms with Crippen LogP contribution in [0.3, 0.4) is 0 Å². The van der Waals surface area contributed by atoms with Gasteiger partial charge >= 0.3 is 25.6 Å². The average Bonchev–Trinajstić information content (AvgIpc) is 3.22. The van der Waals surface area contributed by atoms with Crippen LogP contribution in [-0.2, 0) is 18.5 Å². The summed E-state index contributed by atoms with van der Waals surface area (Å²) < 4.78 is 126. The molecule has 6 N–H and O–H groups in total. The van der Waals surface area contributed by atoms with Gasteiger partial charge in [0.25, 0.3) is 0 Å². The van der Waals surface area contributed by atoms with Crippen LogP contribution in [-0.4, -0.2) is 86.2 Å². The molecule has 336 valence electrons. The standard InChI is InChI=1S/C14H16F3N3.C13H14F3N3.C8H3F4N.C6H15BN2O/c1-20-6-4-11(5-7-20)19-12-3-2-10(9-18)13(8-12)14(15,16)17;14-13(15,16)12-7-11(2-1-9(12)8-17)19-10-3-5-18-6-4-10;9-6-2-1-5(4-13)7(3-6)8(10,11)12;1-7(10)9-4-2-6(8)3-5-9/h2-3,8,11,19H,4-7H2,1H3;1-2,7,10,18-19H,3-6H2;1-3H;6,10H,2-5,8H2,1H3. The van der Waals surface area contributed by atoms with E-state index in [-0.39, 0.29) is 30.3 Å². The fraction of sp³-hybridized carbons (Fsp3) is 0.488. The molecule has 0 spiro atoms. The van der Waals surface area contributed by atoms with E-state index in [2.05, 4.69) is 20.9 Å². The number of benzene rings is 3. The van der Waals surface area contributed by atoms with Gasteiger partial charge < -0.3 is 36.4 Å². The predicted octanol–water partition coefficient (Wildman–Crippen LogP) is 8.06. The van der Waals surface area contributed by atoms with Crippen molar-refractivity contribution in [1.29, 1.82) is 15.8 Å². The first-order valence-electron chi connectivity index (χ1n) is 19.6. The van der Waals surface area contributed by atoms with Crippen LogP contribution in [0.4, 0.5) is 55.3 Å². The SMILES string of the molecule is CB(O)N1CCC(N)CC1.CN1CCC(Nc2ccc(C#N)c(C(F)(F)F)c2)CC1.N#Cc1ccc(F)cc1C(F)(F)F.N#Cc1ccc(NC2CCNCC2)cc1C(F)(F)F. The maximum absolute atomic E-state index is 12.9. The fourth-order valence-electron chi connectivity index (χ4n) is 6.66. The lowest BCUT2D eigenvalue weighted by molar-refractivity contribution is -0.138. The lowest BCUT2D eigenvalue weighted by Crippen LogP contribution is -2.46. The van der Waals surface area contributed by atoms with E-state index in [1.807, 2.05) is 11.9 Å². The number of nitrogens with two attached hydrogens (primary N) is 1. The Labute approximate surface area is 354 Å². The van der Waals surface area contributed by atoms with Crippen molar-refractivity contribution >= 4 is 18.4 Å². The maximum atomic E-state index is 12.9. The molecule has 3 aromatic rings. The maximum Gasteiger partial charge on any atom is 0.417 e. The van der Waals surface area contributed by atoms with Gasteiger partial charge in [-0.1, -0.05) is 0 Å². The molecule has 0 radical (unpaired) electrons. The summed E-state index contributed by atoms with van der Waals surface area (Å²) in [7, 11) is 1.73. The van der Waals surface area contributed by atoms with E-state index in [0.29, 0.717) is 23.5 Å². The highest BCUT2D eigenvalue weighted by Crippen LogP contribution is 2.35. The van der Waals surface area contributed by atoms with Gasteiger partial charge in [-0.3, -0.25) is 0 Å². The zero-order valence-corrected chi connectivity index (χ0v) is 34.0. The summed E-state index contributed by atoms with van der Waals surface area (Å²) in [5.41, 5.74) is 2.27. The smallest absolute Gasteiger partial charge is 0.417 e. The number of nitrogens with zero attached hydrogens (tertiary/aromatic N) is 5. The molecule has 3 heterocycles. The number of rotatable bonds is 5. The lowest BCUT2D eigenvalue weighted by Gasteiger charge is -2.30. The number of likely N-dealkylation sites (tertiary alicyclic amines) is 1. The van der Waals surface area contributed by atoms with Crippen LogP contribution >= 0.6 is 0 Å². The minimum absolute atomic E-state index is 0.176. The molecule has 3 aliphatic heterocycles. The van der Waals surface area contributed by atoms with Gasteiger partial charge in [-0.15, -0.1) is 0 Å². The zero-order chi connectivity index (χ0) is 46.3. The van der Waals surface area contributed by atoms with Crippen LogP contribution in [0.1, 0.15) is 71.9 Å². The van der Waals surface area contributed by atoms with Crippen LogP contribution in [0.25, 0.3) is 0 Å². The van der Waals surface area contributed by atoms with Crippen LogP contribution < -0.4 is 21.7 Å². The van der Waals surface area contributed by atoms with Gasteiger partial charge in [0.2, 0.25) is 0 Å². The van der Waals surface area contributed by atoms with Crippen molar-refractivity contribution in [1.82, 2.24) is 15.0 Å². The number of piperidine rings is 3. The Balaban J connectivity index is 0.000000228. The van der Waals surface area contributed by atoms with Crippen LogP contribution in [0.2, 0.25) is 6.82 Å². The second-order valence-corrected chi connectivity index (χ2v) is 14.9. The first kappa shape index (κ1) is 51.2. The number of hydrogen-bond donors (Lipinski definition) is 5. The number of hydrogen-bond acceptors (Lipinski definition) is 10. The molecule has 0 unspecified atom stereocenters. The van der Waals surface area contributed by atoms with Gasteiger partial charge in [-0.25, -0.2) is 4.39 Å². The molecule has 0 amide bonds. The highest BCUT2D eigenvalue weighted by atomic mass is 19.4. The monoisotopic (exact) mass is 883 g/mol. The van der Waals surface area contributed by atoms with E-state index in [0.717, 1.165) is 102 Å². The molecule has 3 aromatic carbocycles. The highest BCUT2D eigenvalue weighted by Gasteiger charge is 2.36. The summed E-state index contributed by atoms with van der Waals surface area (Å²) in [5.74, 6) is -1.01. The van der Waals surface area contributed by atoms with E-state index in [4.69, 9.17) is 26.5 Å². The molecule has 62 heavy (non-hydrogen) atoms. The van der Waals surface area contributed by atoms with E-state index < -0.39 is 46.6 Å². The van der Waals surface area contributed by atoms with Crippen LogP contribution in [0, 0.1) is 39.8 Å². The normalized spacial score (nSPS) is 17.0. The molecule has 0 atom stereocenters. The third kappa shape index (κ3) is 16.6. The molecule has 10 nitrogen and oxygen atoms in total. The van der Waals surface area contributed by atoms with Crippen molar-refractivity contribution in [2.75, 3.05) is 56.9 Å². The Morgan fingerprint density at radius 2 is 1.03 bits per heavy atom. The summed E-state index contributed by atoms with van der Waals surface area (Å²) in [6.45, 7) is 7.27. The lowest BCUT2D eigenvalue weighted by atomic mass is 9.82. The van der Waals surface area contributed by atoms with Crippen LogP contribution in [0.5, 0.6) is 0 Å². The van der Waals surface area contributed by atoms with E-state index >= 15 is 0 Å². The van der Waals surface area contributed by atoms with Crippen molar-refractivity contribution in [2.45, 2.75) is 82.0 Å². The predicted molar refractivity (Wildman–Crippen MR) is 215 cm³/mol. The Hall–Kier alpha value is -5.11. The molecule has 21 heteroatoms. The van der Waals surface area contributed by atoms with Crippen LogP contribution in [0.15, 0.2) is 54.6 Å². The van der Waals surface area contributed by atoms with E-state index in [1.54, 1.807) is 19.0 Å². The van der Waals surface area contributed by atoms with Gasteiger partial charge in [0.15, 0.2) is 0 Å². The first-order valence-corrected chi connectivity index (χ1v) is 19.6. The minimum Gasteiger partial charge on any atom is -0.437 e. The van der Waals surface area contributed by atoms with Crippen molar-refractivity contribution in [3.05, 3.63) is 93.8 Å². The Kier molecular flexibility index (Phi) is 19.3. The molecule has 3 saturated heterocycles. The summed E-state index contributed by atoms with van der Waals surface area (Å²) in [4.78, 5) is 4.24. The Bertz CT molecular complexity index is 2010. The van der Waals surface area contributed by atoms with Gasteiger partial charge in [0, 0.05) is 29.5 Å². The summed E-state index contributed by atoms with van der Waals surface area (Å²) in [5, 5.41) is 44.3. The van der Waals surface area contributed by atoms with Gasteiger partial charge in [-0.05, 0) is 146 Å². The first-order chi connectivity index (χ1) is 29.0. The number of nitrogens with one attached hydrogen (secondary N) is 3. The zero-order valence-electron chi connectivity index (χ0n) is 34.0. The molecular weight excluding hydrogens is 835 g/mol. The quantitative estimate of drug-likeness (QED) is 0.125. The third-order valence-corrected chi connectivity index (χ3v) is 10.2. The second kappa shape index (κ2) is 23.4. The molecule has 6 rings (SSSR count). The number of alkyl halides is 9. The Morgan fingerprint density at radius 3 is 1.42 bits per heavy atom. The summed E-state index contributed by atoms with van der Waals surface area (Å²) in [6.07, 6.45) is -8.10. The van der Waals surface area contributed by atoms with Gasteiger partial charge in [0.05, 0.1) is 51.6 Å². The molecule has 0 saturated carbocycles. The summed E-state index contributed by atoms with van der Waals surface area (Å²) in [6, 6.07) is 14.7. The largest absolute Gasteiger partial charge is 0.437 e. The molecule has 0 aliphatic carbocycles. The summed E-state index contributed by atoms with van der Waals surface area (Å²) >= 11 is 0. The number of anilines is 2. The molecule has 0 aromatic heterocycles. The second-order valence-electron chi connectivity index (χ2n) is 14.9. The highest BCUT2D eigenvalue weighted by molar-refractivity contribution is 6.45. The van der Waals surface area contributed by atoms with E-state index in [9.17, 15) is 43.9 Å². The Morgan fingerprint density at radius 1 is 0.645 bits per heavy atom. The molecular formula is C41H48BF10N9O. The minimum atomic E-state index is -4.69. The molecule has 0 bridgehead atoms. The van der Waals surface area contributed by atoms with Gasteiger partial charge in [0.1, 0.15) is 5.82 Å². The van der Waals surface area contributed by atoms with Crippen molar-refractivity contribution in [3.8, 4) is 18.2 Å². The van der Waals surface area contributed by atoms with Crippen molar-refractivity contribution in [3.63, 3.8) is 0 Å². The number of halogens is 10.